The number of amides is 2. The monoisotopic (exact) mass is 269 g/mol. The number of carbonyl (C=O) groups excluding carboxylic acids is 2. The Kier molecular flexibility index (Phi) is 4.93. The lowest BCUT2D eigenvalue weighted by molar-refractivity contribution is -0.150. The summed E-state index contributed by atoms with van der Waals surface area (Å²) in [6, 6.07) is 0. The van der Waals surface area contributed by atoms with Crippen LogP contribution < -0.4 is 0 Å². The summed E-state index contributed by atoms with van der Waals surface area (Å²) in [6.45, 7) is 5.36. The summed E-state index contributed by atoms with van der Waals surface area (Å²) in [7, 11) is 0. The first-order valence-corrected chi connectivity index (χ1v) is 7.27. The van der Waals surface area contributed by atoms with Crippen molar-refractivity contribution in [3.63, 3.8) is 0 Å². The molecule has 19 heavy (non-hydrogen) atoms. The molecule has 0 N–H and O–H groups in total. The van der Waals surface area contributed by atoms with E-state index in [-0.39, 0.29) is 29.9 Å². The van der Waals surface area contributed by atoms with E-state index in [1.807, 2.05) is 13.8 Å². The second-order valence-corrected chi connectivity index (χ2v) is 5.10. The molecule has 2 amide bonds. The van der Waals surface area contributed by atoms with Crippen molar-refractivity contribution in [2.75, 3.05) is 19.8 Å². The van der Waals surface area contributed by atoms with Crippen molar-refractivity contribution in [2.45, 2.75) is 45.8 Å². The minimum Gasteiger partial charge on any atom is -0.353 e. The van der Waals surface area contributed by atoms with Crippen LogP contribution in [0.4, 0.5) is 0 Å². The molecule has 5 heteroatoms. The number of carbonyl (C=O) groups is 2. The molecule has 1 heterocycles. The number of ether oxygens (including phenoxy) is 2. The highest BCUT2D eigenvalue weighted by Gasteiger charge is 2.49. The van der Waals surface area contributed by atoms with E-state index in [0.717, 1.165) is 19.3 Å². The van der Waals surface area contributed by atoms with Gasteiger partial charge in [-0.2, -0.15) is 0 Å². The van der Waals surface area contributed by atoms with Crippen LogP contribution in [0.1, 0.15) is 39.5 Å². The molecule has 2 unspecified atom stereocenters. The summed E-state index contributed by atoms with van der Waals surface area (Å²) in [6.07, 6.45) is 2.97. The van der Waals surface area contributed by atoms with E-state index in [1.54, 1.807) is 0 Å². The van der Waals surface area contributed by atoms with Crippen LogP contribution in [0.2, 0.25) is 0 Å². The van der Waals surface area contributed by atoms with Gasteiger partial charge in [-0.3, -0.25) is 14.5 Å². The van der Waals surface area contributed by atoms with E-state index in [9.17, 15) is 9.59 Å². The summed E-state index contributed by atoms with van der Waals surface area (Å²) >= 11 is 0. The predicted molar refractivity (Wildman–Crippen MR) is 69.2 cm³/mol. The van der Waals surface area contributed by atoms with Crippen LogP contribution in [0, 0.1) is 11.8 Å². The molecule has 1 aliphatic heterocycles. The van der Waals surface area contributed by atoms with E-state index in [4.69, 9.17) is 9.47 Å². The Morgan fingerprint density at radius 2 is 1.63 bits per heavy atom. The van der Waals surface area contributed by atoms with Crippen molar-refractivity contribution in [1.82, 2.24) is 4.90 Å². The van der Waals surface area contributed by atoms with Gasteiger partial charge in [0.2, 0.25) is 11.8 Å². The molecule has 0 aromatic rings. The molecular weight excluding hydrogens is 246 g/mol. The van der Waals surface area contributed by atoms with Crippen molar-refractivity contribution >= 4 is 11.8 Å². The molecule has 0 aromatic heterocycles. The zero-order chi connectivity index (χ0) is 13.8. The third kappa shape index (κ3) is 2.98. The highest BCUT2D eigenvalue weighted by molar-refractivity contribution is 6.05. The molecule has 2 fully saturated rings. The summed E-state index contributed by atoms with van der Waals surface area (Å²) < 4.78 is 10.9. The van der Waals surface area contributed by atoms with Crippen LogP contribution in [0.25, 0.3) is 0 Å². The Hall–Kier alpha value is -0.940. The number of likely N-dealkylation sites (tertiary alicyclic amines) is 1. The zero-order valence-corrected chi connectivity index (χ0v) is 11.8. The predicted octanol–water partition coefficient (Wildman–Crippen LogP) is 1.56. The molecule has 2 rings (SSSR count). The van der Waals surface area contributed by atoms with Crippen LogP contribution >= 0.6 is 0 Å². The van der Waals surface area contributed by atoms with Gasteiger partial charge in [-0.25, -0.2) is 0 Å². The number of fused-ring (bicyclic) bond motifs is 1. The molecule has 0 radical (unpaired) electrons. The molecule has 108 valence electrons. The smallest absolute Gasteiger partial charge is 0.233 e. The van der Waals surface area contributed by atoms with E-state index >= 15 is 0 Å². The third-order valence-electron chi connectivity index (χ3n) is 3.98. The van der Waals surface area contributed by atoms with Crippen LogP contribution in [0.15, 0.2) is 0 Å². The van der Waals surface area contributed by atoms with Gasteiger partial charge in [-0.15, -0.1) is 0 Å². The van der Waals surface area contributed by atoms with Crippen LogP contribution in [0.5, 0.6) is 0 Å². The van der Waals surface area contributed by atoms with Crippen LogP contribution in [-0.4, -0.2) is 42.8 Å². The summed E-state index contributed by atoms with van der Waals surface area (Å²) in [5.41, 5.74) is 0. The average molecular weight is 269 g/mol. The number of nitrogens with zero attached hydrogens (tertiary/aromatic N) is 1. The first-order chi connectivity index (χ1) is 9.19. The Morgan fingerprint density at radius 1 is 1.11 bits per heavy atom. The number of rotatable bonds is 7. The van der Waals surface area contributed by atoms with Gasteiger partial charge in [-0.05, 0) is 26.7 Å². The van der Waals surface area contributed by atoms with E-state index in [2.05, 4.69) is 0 Å². The maximum Gasteiger partial charge on any atom is 0.233 e. The highest BCUT2D eigenvalue weighted by Crippen LogP contribution is 2.39. The maximum atomic E-state index is 12.1. The maximum absolute atomic E-state index is 12.1. The van der Waals surface area contributed by atoms with Crippen molar-refractivity contribution in [3.8, 4) is 0 Å². The van der Waals surface area contributed by atoms with Crippen molar-refractivity contribution in [1.29, 1.82) is 0 Å². The van der Waals surface area contributed by atoms with Gasteiger partial charge >= 0.3 is 0 Å². The largest absolute Gasteiger partial charge is 0.353 e. The molecular formula is C14H23NO4. The molecule has 1 saturated carbocycles. The molecule has 0 aromatic carbocycles. The Labute approximate surface area is 114 Å². The lowest BCUT2D eigenvalue weighted by Crippen LogP contribution is -2.35. The second kappa shape index (κ2) is 6.48. The minimum atomic E-state index is -0.323. The number of hydrogen-bond acceptors (Lipinski definition) is 4. The number of hydrogen-bond donors (Lipinski definition) is 0. The first kappa shape index (κ1) is 14.5. The molecule has 0 bridgehead atoms. The van der Waals surface area contributed by atoms with E-state index in [0.29, 0.717) is 26.2 Å². The van der Waals surface area contributed by atoms with Crippen molar-refractivity contribution < 1.29 is 19.1 Å². The normalized spacial score (nSPS) is 26.6. The second-order valence-electron chi connectivity index (χ2n) is 5.10. The van der Waals surface area contributed by atoms with E-state index in [1.165, 1.54) is 4.90 Å². The highest BCUT2D eigenvalue weighted by atomic mass is 16.7. The van der Waals surface area contributed by atoms with Gasteiger partial charge in [0.1, 0.15) is 0 Å². The Morgan fingerprint density at radius 3 is 2.11 bits per heavy atom. The molecule has 1 saturated heterocycles. The average Bonchev–Trinajstić information content (AvgIpc) is 2.94. The first-order valence-electron chi connectivity index (χ1n) is 7.27. The molecule has 5 nitrogen and oxygen atoms in total. The topological polar surface area (TPSA) is 55.8 Å². The zero-order valence-electron chi connectivity index (χ0n) is 11.8. The molecule has 2 atom stereocenters. The van der Waals surface area contributed by atoms with Gasteiger partial charge in [0.25, 0.3) is 0 Å². The standard InChI is InChI=1S/C14H23NO4/c1-3-18-12(19-4-2)8-9-15-13(16)10-6-5-7-11(10)14(15)17/h10-12H,3-9H2,1-2H3. The lowest BCUT2D eigenvalue weighted by atomic mass is 10.00. The van der Waals surface area contributed by atoms with Gasteiger partial charge in [0, 0.05) is 26.2 Å². The fourth-order valence-corrected chi connectivity index (χ4v) is 3.10. The van der Waals surface area contributed by atoms with E-state index < -0.39 is 0 Å². The van der Waals surface area contributed by atoms with Crippen LogP contribution in [0.3, 0.4) is 0 Å². The van der Waals surface area contributed by atoms with Crippen molar-refractivity contribution in [3.05, 3.63) is 0 Å². The fraction of sp³-hybridized carbons (Fsp3) is 0.857. The lowest BCUT2D eigenvalue weighted by Gasteiger charge is -2.21. The van der Waals surface area contributed by atoms with Crippen LogP contribution in [-0.2, 0) is 19.1 Å². The molecule has 1 aliphatic carbocycles. The number of imide groups is 1. The van der Waals surface area contributed by atoms with Gasteiger partial charge in [-0.1, -0.05) is 6.42 Å². The van der Waals surface area contributed by atoms with Crippen molar-refractivity contribution in [2.24, 2.45) is 11.8 Å². The third-order valence-corrected chi connectivity index (χ3v) is 3.98. The minimum absolute atomic E-state index is 0.0132. The summed E-state index contributed by atoms with van der Waals surface area (Å²) in [5.74, 6) is -0.0752. The Balaban J connectivity index is 1.88. The molecule has 0 spiro atoms. The fourth-order valence-electron chi connectivity index (χ4n) is 3.10. The SMILES string of the molecule is CCOC(CCN1C(=O)C2CCCC2C1=O)OCC. The quantitative estimate of drug-likeness (QED) is 0.520. The summed E-state index contributed by atoms with van der Waals surface area (Å²) in [4.78, 5) is 25.7. The molecule has 2 aliphatic rings. The van der Waals surface area contributed by atoms with Gasteiger partial charge in [0.05, 0.1) is 11.8 Å². The summed E-state index contributed by atoms with van der Waals surface area (Å²) in [5, 5.41) is 0. The Bertz CT molecular complexity index is 316. The van der Waals surface area contributed by atoms with Gasteiger partial charge < -0.3 is 9.47 Å². The van der Waals surface area contributed by atoms with Gasteiger partial charge in [0.15, 0.2) is 6.29 Å².